The van der Waals surface area contributed by atoms with Gasteiger partial charge in [0.2, 0.25) is 0 Å². The lowest BCUT2D eigenvalue weighted by Crippen LogP contribution is -2.33. The summed E-state index contributed by atoms with van der Waals surface area (Å²) in [6.07, 6.45) is 1.74. The molecule has 140 valence electrons. The largest absolute Gasteiger partial charge is 0.495 e. The molecule has 0 unspecified atom stereocenters. The molecule has 2 aromatic rings. The molecule has 0 atom stereocenters. The molecule has 3 rings (SSSR count). The van der Waals surface area contributed by atoms with Gasteiger partial charge in [-0.25, -0.2) is 0 Å². The molecule has 0 aromatic heterocycles. The fraction of sp³-hybridized carbons (Fsp3) is 0.200. The zero-order chi connectivity index (χ0) is 19.4. The quantitative estimate of drug-likeness (QED) is 0.764. The van der Waals surface area contributed by atoms with Crippen molar-refractivity contribution in [2.24, 2.45) is 0 Å². The van der Waals surface area contributed by atoms with Crippen LogP contribution < -0.4 is 15.0 Å². The van der Waals surface area contributed by atoms with Gasteiger partial charge >= 0.3 is 0 Å². The first-order chi connectivity index (χ1) is 13.0. The van der Waals surface area contributed by atoms with E-state index in [0.717, 1.165) is 28.7 Å². The van der Waals surface area contributed by atoms with Crippen molar-refractivity contribution in [3.05, 3.63) is 59.0 Å². The fourth-order valence-electron chi connectivity index (χ4n) is 2.61. The van der Waals surface area contributed by atoms with Gasteiger partial charge in [-0.2, -0.15) is 0 Å². The number of anilines is 2. The highest BCUT2D eigenvalue weighted by molar-refractivity contribution is 8.18. The lowest BCUT2D eigenvalue weighted by molar-refractivity contribution is -0.122. The summed E-state index contributed by atoms with van der Waals surface area (Å²) >= 11 is 0.949. The lowest BCUT2D eigenvalue weighted by atomic mass is 10.2. The lowest BCUT2D eigenvalue weighted by Gasteiger charge is -2.16. The standard InChI is InChI=1S/C20H21N3O3S/c1-22(2)15-10-8-14(9-11-15)12-18-19(24)23(20(25)27-18)13-21-16-6-4-5-7-17(16)26-3/h4-12,21H,13H2,1-3H3. The third-order valence-electron chi connectivity index (χ3n) is 4.12. The first kappa shape index (κ1) is 18.8. The molecule has 2 aromatic carbocycles. The molecule has 0 radical (unpaired) electrons. The van der Waals surface area contributed by atoms with E-state index in [1.165, 1.54) is 4.90 Å². The van der Waals surface area contributed by atoms with Crippen molar-refractivity contribution in [3.8, 4) is 5.75 Å². The number of amides is 2. The maximum absolute atomic E-state index is 12.6. The number of imide groups is 1. The van der Waals surface area contributed by atoms with Gasteiger partial charge in [0.1, 0.15) is 5.75 Å². The minimum absolute atomic E-state index is 0.0853. The van der Waals surface area contributed by atoms with Gasteiger partial charge in [-0.05, 0) is 47.7 Å². The summed E-state index contributed by atoms with van der Waals surface area (Å²) in [6.45, 7) is 0.0853. The van der Waals surface area contributed by atoms with E-state index in [9.17, 15) is 9.59 Å². The zero-order valence-corrected chi connectivity index (χ0v) is 16.2. The minimum Gasteiger partial charge on any atom is -0.495 e. The smallest absolute Gasteiger partial charge is 0.295 e. The van der Waals surface area contributed by atoms with Crippen molar-refractivity contribution < 1.29 is 14.3 Å². The highest BCUT2D eigenvalue weighted by Crippen LogP contribution is 2.33. The monoisotopic (exact) mass is 383 g/mol. The molecule has 6 nitrogen and oxygen atoms in total. The van der Waals surface area contributed by atoms with Crippen LogP contribution in [-0.2, 0) is 4.79 Å². The molecule has 7 heteroatoms. The van der Waals surface area contributed by atoms with E-state index in [2.05, 4.69) is 5.32 Å². The van der Waals surface area contributed by atoms with E-state index < -0.39 is 0 Å². The topological polar surface area (TPSA) is 61.9 Å². The molecule has 1 aliphatic rings. The van der Waals surface area contributed by atoms with Gasteiger partial charge in [0.25, 0.3) is 11.1 Å². The number of carbonyl (C=O) groups is 2. The minimum atomic E-state index is -0.302. The summed E-state index contributed by atoms with van der Waals surface area (Å²) < 4.78 is 5.27. The Hall–Kier alpha value is -2.93. The SMILES string of the molecule is COc1ccccc1NCN1C(=O)SC(=Cc2ccc(N(C)C)cc2)C1=O. The Labute approximate surface area is 162 Å². The van der Waals surface area contributed by atoms with Gasteiger partial charge in [-0.1, -0.05) is 24.3 Å². The second-order valence-corrected chi connectivity index (χ2v) is 7.12. The Morgan fingerprint density at radius 2 is 1.81 bits per heavy atom. The number of nitrogens with zero attached hydrogens (tertiary/aromatic N) is 2. The normalized spacial score (nSPS) is 15.4. The van der Waals surface area contributed by atoms with Gasteiger partial charge < -0.3 is 15.0 Å². The van der Waals surface area contributed by atoms with Crippen molar-refractivity contribution >= 4 is 40.4 Å². The number of carbonyl (C=O) groups excluding carboxylic acids is 2. The zero-order valence-electron chi connectivity index (χ0n) is 15.4. The second kappa shape index (κ2) is 8.18. The van der Waals surface area contributed by atoms with Crippen molar-refractivity contribution in [2.45, 2.75) is 0 Å². The van der Waals surface area contributed by atoms with Gasteiger partial charge in [-0.15, -0.1) is 0 Å². The van der Waals surface area contributed by atoms with Crippen LogP contribution in [0.3, 0.4) is 0 Å². The van der Waals surface area contributed by atoms with Gasteiger partial charge in [0, 0.05) is 19.8 Å². The first-order valence-electron chi connectivity index (χ1n) is 8.39. The van der Waals surface area contributed by atoms with Gasteiger partial charge in [0.05, 0.1) is 24.4 Å². The van der Waals surface area contributed by atoms with E-state index in [-0.39, 0.29) is 17.8 Å². The van der Waals surface area contributed by atoms with E-state index in [1.54, 1.807) is 13.2 Å². The molecule has 1 aliphatic heterocycles. The maximum atomic E-state index is 12.6. The number of hydrogen-bond donors (Lipinski definition) is 1. The number of hydrogen-bond acceptors (Lipinski definition) is 6. The molecular weight excluding hydrogens is 362 g/mol. The molecule has 0 bridgehead atoms. The number of ether oxygens (including phenoxy) is 1. The van der Waals surface area contributed by atoms with Gasteiger partial charge in [0.15, 0.2) is 0 Å². The number of thioether (sulfide) groups is 1. The highest BCUT2D eigenvalue weighted by atomic mass is 32.2. The average Bonchev–Trinajstić information content (AvgIpc) is 2.93. The molecule has 27 heavy (non-hydrogen) atoms. The molecular formula is C20H21N3O3S. The van der Waals surface area contributed by atoms with Crippen molar-refractivity contribution in [1.82, 2.24) is 4.90 Å². The van der Waals surface area contributed by atoms with Crippen molar-refractivity contribution in [3.63, 3.8) is 0 Å². The maximum Gasteiger partial charge on any atom is 0.295 e. The molecule has 2 amide bonds. The van der Waals surface area contributed by atoms with Crippen molar-refractivity contribution in [2.75, 3.05) is 38.1 Å². The molecule has 1 saturated heterocycles. The van der Waals surface area contributed by atoms with Crippen LogP contribution in [0.4, 0.5) is 16.2 Å². The Morgan fingerprint density at radius 1 is 1.11 bits per heavy atom. The summed E-state index contributed by atoms with van der Waals surface area (Å²) in [6, 6.07) is 15.2. The summed E-state index contributed by atoms with van der Waals surface area (Å²) in [5.74, 6) is 0.352. The fourth-order valence-corrected chi connectivity index (χ4v) is 3.45. The summed E-state index contributed by atoms with van der Waals surface area (Å²) in [4.78, 5) is 28.5. The van der Waals surface area contributed by atoms with E-state index >= 15 is 0 Å². The summed E-state index contributed by atoms with van der Waals surface area (Å²) in [5, 5.41) is 2.79. The Bertz CT molecular complexity index is 878. The van der Waals surface area contributed by atoms with E-state index in [4.69, 9.17) is 4.74 Å². The molecule has 1 fully saturated rings. The van der Waals surface area contributed by atoms with Crippen LogP contribution in [0.25, 0.3) is 6.08 Å². The number of para-hydroxylation sites is 2. The Morgan fingerprint density at radius 3 is 2.48 bits per heavy atom. The predicted molar refractivity (Wildman–Crippen MR) is 110 cm³/mol. The van der Waals surface area contributed by atoms with Crippen LogP contribution in [0, 0.1) is 0 Å². The van der Waals surface area contributed by atoms with Crippen LogP contribution >= 0.6 is 11.8 Å². The molecule has 1 heterocycles. The first-order valence-corrected chi connectivity index (χ1v) is 9.21. The van der Waals surface area contributed by atoms with E-state index in [1.807, 2.05) is 67.5 Å². The van der Waals surface area contributed by atoms with Gasteiger partial charge in [-0.3, -0.25) is 14.5 Å². The van der Waals surface area contributed by atoms with Crippen molar-refractivity contribution in [1.29, 1.82) is 0 Å². The van der Waals surface area contributed by atoms with Crippen LogP contribution in [-0.4, -0.2) is 43.9 Å². The number of nitrogens with one attached hydrogen (secondary N) is 1. The highest BCUT2D eigenvalue weighted by Gasteiger charge is 2.34. The second-order valence-electron chi connectivity index (χ2n) is 6.13. The molecule has 1 N–H and O–H groups in total. The Balaban J connectivity index is 1.71. The number of rotatable bonds is 6. The van der Waals surface area contributed by atoms with Crippen LogP contribution in [0.5, 0.6) is 5.75 Å². The van der Waals surface area contributed by atoms with Crippen LogP contribution in [0.15, 0.2) is 53.4 Å². The predicted octanol–water partition coefficient (Wildman–Crippen LogP) is 3.87. The van der Waals surface area contributed by atoms with Crippen LogP contribution in [0.2, 0.25) is 0 Å². The molecule has 0 spiro atoms. The summed E-state index contributed by atoms with van der Waals surface area (Å²) in [5.41, 5.74) is 2.67. The third kappa shape index (κ3) is 4.25. The average molecular weight is 383 g/mol. The molecule has 0 aliphatic carbocycles. The number of methoxy groups -OCH3 is 1. The van der Waals surface area contributed by atoms with E-state index in [0.29, 0.717) is 10.7 Å². The van der Waals surface area contributed by atoms with Crippen LogP contribution in [0.1, 0.15) is 5.56 Å². The Kier molecular flexibility index (Phi) is 5.71. The molecule has 0 saturated carbocycles. The summed E-state index contributed by atoms with van der Waals surface area (Å²) in [7, 11) is 5.51. The third-order valence-corrected chi connectivity index (χ3v) is 5.02. The number of benzene rings is 2.